The summed E-state index contributed by atoms with van der Waals surface area (Å²) < 4.78 is 5.46. The number of hydrogen-bond acceptors (Lipinski definition) is 4. The van der Waals surface area contributed by atoms with Crippen molar-refractivity contribution in [2.24, 2.45) is 0 Å². The molecular weight excluding hydrogens is 378 g/mol. The molecule has 4 rings (SSSR count). The molecule has 2 aromatic heterocycles. The maximum Gasteiger partial charge on any atom is 0.417 e. The third-order valence-corrected chi connectivity index (χ3v) is 5.03. The molecule has 3 heterocycles. The van der Waals surface area contributed by atoms with Crippen LogP contribution in [0.2, 0.25) is 0 Å². The van der Waals surface area contributed by atoms with Gasteiger partial charge in [0.05, 0.1) is 11.3 Å². The van der Waals surface area contributed by atoms with Gasteiger partial charge in [0.25, 0.3) is 5.91 Å². The predicted molar refractivity (Wildman–Crippen MR) is 114 cm³/mol. The number of carbonyl (C=O) groups is 2. The molecule has 0 fully saturated rings. The highest BCUT2D eigenvalue weighted by molar-refractivity contribution is 6.07. The lowest BCUT2D eigenvalue weighted by atomic mass is 9.95. The van der Waals surface area contributed by atoms with Gasteiger partial charge < -0.3 is 9.72 Å². The zero-order valence-corrected chi connectivity index (χ0v) is 17.4. The number of H-pyrrole nitrogens is 1. The number of hydrogen-bond donors (Lipinski definition) is 1. The lowest BCUT2D eigenvalue weighted by Gasteiger charge is -2.29. The smallest absolute Gasteiger partial charge is 0.417 e. The van der Waals surface area contributed by atoms with E-state index in [1.807, 2.05) is 42.5 Å². The number of pyridine rings is 1. The number of nitrogens with zero attached hydrogens (tertiary/aromatic N) is 2. The van der Waals surface area contributed by atoms with Crippen LogP contribution >= 0.6 is 0 Å². The van der Waals surface area contributed by atoms with E-state index in [1.165, 1.54) is 4.90 Å². The van der Waals surface area contributed by atoms with Gasteiger partial charge in [-0.2, -0.15) is 0 Å². The Kier molecular flexibility index (Phi) is 5.16. The van der Waals surface area contributed by atoms with Crippen molar-refractivity contribution in [3.63, 3.8) is 0 Å². The van der Waals surface area contributed by atoms with Gasteiger partial charge in [-0.25, -0.2) is 9.69 Å². The molecule has 1 N–H and O–H groups in total. The number of benzene rings is 1. The summed E-state index contributed by atoms with van der Waals surface area (Å²) in [4.78, 5) is 34.8. The summed E-state index contributed by atoms with van der Waals surface area (Å²) in [5.74, 6) is -0.312. The molecule has 0 unspecified atom stereocenters. The van der Waals surface area contributed by atoms with Crippen LogP contribution in [0.25, 0.3) is 11.3 Å². The molecule has 6 nitrogen and oxygen atoms in total. The number of fused-ring (bicyclic) bond motifs is 1. The standard InChI is InChI=1S/C24H25N3O3/c1-24(2,3)30-23(29)27-14-11-19-20(22(27)28)18(15-16-7-5-4-6-8-16)21(26-19)17-9-12-25-13-10-17/h4-10,12-13,26H,11,14-15H2,1-3H3. The van der Waals surface area contributed by atoms with E-state index in [0.717, 1.165) is 28.1 Å². The second-order valence-corrected chi connectivity index (χ2v) is 8.42. The number of amides is 2. The number of ether oxygens (including phenoxy) is 1. The molecule has 0 atom stereocenters. The molecule has 30 heavy (non-hydrogen) atoms. The van der Waals surface area contributed by atoms with Crippen LogP contribution in [0.3, 0.4) is 0 Å². The molecule has 0 saturated heterocycles. The minimum Gasteiger partial charge on any atom is -0.443 e. The van der Waals surface area contributed by atoms with Crippen molar-refractivity contribution in [1.29, 1.82) is 0 Å². The average molecular weight is 403 g/mol. The Bertz CT molecular complexity index is 1070. The molecule has 6 heteroatoms. The van der Waals surface area contributed by atoms with Crippen molar-refractivity contribution in [3.8, 4) is 11.3 Å². The monoisotopic (exact) mass is 403 g/mol. The first-order valence-electron chi connectivity index (χ1n) is 10.1. The number of rotatable bonds is 3. The van der Waals surface area contributed by atoms with Crippen LogP contribution in [0.1, 0.15) is 48.0 Å². The van der Waals surface area contributed by atoms with Gasteiger partial charge in [-0.15, -0.1) is 0 Å². The number of nitrogens with one attached hydrogen (secondary N) is 1. The molecular formula is C24H25N3O3. The summed E-state index contributed by atoms with van der Waals surface area (Å²) in [6.07, 6.45) is 4.01. The number of carbonyl (C=O) groups excluding carboxylic acids is 2. The normalized spacial score (nSPS) is 13.8. The summed E-state index contributed by atoms with van der Waals surface area (Å²) in [5, 5.41) is 0. The predicted octanol–water partition coefficient (Wildman–Crippen LogP) is 4.60. The Morgan fingerprint density at radius 1 is 1.13 bits per heavy atom. The van der Waals surface area contributed by atoms with Crippen LogP contribution in [0, 0.1) is 0 Å². The molecule has 2 amide bonds. The fraction of sp³-hybridized carbons (Fsp3) is 0.292. The van der Waals surface area contributed by atoms with Gasteiger partial charge in [-0.3, -0.25) is 9.78 Å². The summed E-state index contributed by atoms with van der Waals surface area (Å²) in [7, 11) is 0. The van der Waals surface area contributed by atoms with E-state index >= 15 is 0 Å². The van der Waals surface area contributed by atoms with Crippen LogP contribution in [0.5, 0.6) is 0 Å². The summed E-state index contributed by atoms with van der Waals surface area (Å²) in [6.45, 7) is 5.68. The summed E-state index contributed by atoms with van der Waals surface area (Å²) in [5.41, 5.74) is 4.61. The van der Waals surface area contributed by atoms with E-state index in [0.29, 0.717) is 24.9 Å². The largest absolute Gasteiger partial charge is 0.443 e. The van der Waals surface area contributed by atoms with Gasteiger partial charge in [-0.05, 0) is 44.0 Å². The second kappa shape index (κ2) is 7.78. The van der Waals surface area contributed by atoms with E-state index in [2.05, 4.69) is 9.97 Å². The fourth-order valence-corrected chi connectivity index (χ4v) is 3.73. The van der Waals surface area contributed by atoms with Gasteiger partial charge >= 0.3 is 6.09 Å². The topological polar surface area (TPSA) is 75.3 Å². The van der Waals surface area contributed by atoms with E-state index in [1.54, 1.807) is 33.2 Å². The lowest BCUT2D eigenvalue weighted by molar-refractivity contribution is 0.0233. The van der Waals surface area contributed by atoms with Gasteiger partial charge in [0.2, 0.25) is 0 Å². The summed E-state index contributed by atoms with van der Waals surface area (Å²) >= 11 is 0. The van der Waals surface area contributed by atoms with Gasteiger partial charge in [-0.1, -0.05) is 30.3 Å². The molecule has 0 saturated carbocycles. The maximum atomic E-state index is 13.4. The highest BCUT2D eigenvalue weighted by Crippen LogP contribution is 2.34. The zero-order valence-electron chi connectivity index (χ0n) is 17.4. The molecule has 0 radical (unpaired) electrons. The second-order valence-electron chi connectivity index (χ2n) is 8.42. The molecule has 0 spiro atoms. The van der Waals surface area contributed by atoms with Crippen molar-refractivity contribution in [3.05, 3.63) is 77.2 Å². The van der Waals surface area contributed by atoms with Crippen molar-refractivity contribution in [2.45, 2.75) is 39.2 Å². The molecule has 1 aliphatic heterocycles. The molecule has 154 valence electrons. The van der Waals surface area contributed by atoms with Crippen molar-refractivity contribution < 1.29 is 14.3 Å². The minimum absolute atomic E-state index is 0.293. The Hall–Kier alpha value is -3.41. The molecule has 1 aromatic carbocycles. The van der Waals surface area contributed by atoms with E-state index in [4.69, 9.17) is 4.74 Å². The lowest BCUT2D eigenvalue weighted by Crippen LogP contribution is -2.44. The first-order chi connectivity index (χ1) is 14.3. The van der Waals surface area contributed by atoms with Crippen LogP contribution in [-0.2, 0) is 17.6 Å². The number of imide groups is 1. The Morgan fingerprint density at radius 2 is 1.83 bits per heavy atom. The van der Waals surface area contributed by atoms with Crippen molar-refractivity contribution in [1.82, 2.24) is 14.9 Å². The third-order valence-electron chi connectivity index (χ3n) is 5.03. The first-order valence-corrected chi connectivity index (χ1v) is 10.1. The quantitative estimate of drug-likeness (QED) is 0.693. The first kappa shape index (κ1) is 19.9. The number of aromatic amines is 1. The Labute approximate surface area is 175 Å². The van der Waals surface area contributed by atoms with E-state index < -0.39 is 11.7 Å². The van der Waals surface area contributed by atoms with Crippen molar-refractivity contribution in [2.75, 3.05) is 6.54 Å². The highest BCUT2D eigenvalue weighted by atomic mass is 16.6. The Morgan fingerprint density at radius 3 is 2.50 bits per heavy atom. The zero-order chi connectivity index (χ0) is 21.3. The van der Waals surface area contributed by atoms with Crippen LogP contribution in [-0.4, -0.2) is 39.0 Å². The SMILES string of the molecule is CC(C)(C)OC(=O)N1CCc2[nH]c(-c3ccncc3)c(Cc3ccccc3)c2C1=O. The maximum absolute atomic E-state index is 13.4. The summed E-state index contributed by atoms with van der Waals surface area (Å²) in [6, 6.07) is 13.8. The van der Waals surface area contributed by atoms with Crippen LogP contribution in [0.15, 0.2) is 54.9 Å². The van der Waals surface area contributed by atoms with Gasteiger partial charge in [0.15, 0.2) is 0 Å². The average Bonchev–Trinajstić information content (AvgIpc) is 3.07. The number of aromatic nitrogens is 2. The van der Waals surface area contributed by atoms with E-state index in [9.17, 15) is 9.59 Å². The molecule has 1 aliphatic rings. The van der Waals surface area contributed by atoms with Gasteiger partial charge in [0, 0.05) is 43.0 Å². The fourth-order valence-electron chi connectivity index (χ4n) is 3.73. The molecule has 0 aliphatic carbocycles. The van der Waals surface area contributed by atoms with Crippen LogP contribution in [0.4, 0.5) is 4.79 Å². The van der Waals surface area contributed by atoms with Crippen molar-refractivity contribution >= 4 is 12.0 Å². The minimum atomic E-state index is -0.662. The highest BCUT2D eigenvalue weighted by Gasteiger charge is 2.36. The molecule has 3 aromatic rings. The Balaban J connectivity index is 1.77. The van der Waals surface area contributed by atoms with E-state index in [-0.39, 0.29) is 5.91 Å². The van der Waals surface area contributed by atoms with Gasteiger partial charge in [0.1, 0.15) is 5.60 Å². The van der Waals surface area contributed by atoms with Crippen LogP contribution < -0.4 is 0 Å². The third kappa shape index (κ3) is 3.99. The molecule has 0 bridgehead atoms.